The van der Waals surface area contributed by atoms with Crippen molar-refractivity contribution in [2.75, 3.05) is 13.7 Å². The zero-order valence-corrected chi connectivity index (χ0v) is 12.5. The Morgan fingerprint density at radius 2 is 2.14 bits per heavy atom. The summed E-state index contributed by atoms with van der Waals surface area (Å²) < 4.78 is 10.4. The van der Waals surface area contributed by atoms with Gasteiger partial charge in [0.05, 0.1) is 13.0 Å². The van der Waals surface area contributed by atoms with Crippen molar-refractivity contribution in [3.63, 3.8) is 0 Å². The van der Waals surface area contributed by atoms with Crippen LogP contribution in [-0.2, 0) is 30.5 Å². The first kappa shape index (κ1) is 15.9. The van der Waals surface area contributed by atoms with Crippen LogP contribution in [0.25, 0.3) is 0 Å². The van der Waals surface area contributed by atoms with Crippen molar-refractivity contribution in [2.45, 2.75) is 44.5 Å². The fourth-order valence-corrected chi connectivity index (χ4v) is 2.40. The number of hydrogen-bond donors (Lipinski definition) is 0. The lowest BCUT2D eigenvalue weighted by Gasteiger charge is -2.37. The highest BCUT2D eigenvalue weighted by Gasteiger charge is 2.39. The lowest BCUT2D eigenvalue weighted by atomic mass is 9.97. The molecule has 1 fully saturated rings. The molecule has 2 atom stereocenters. The molecule has 0 bridgehead atoms. The van der Waals surface area contributed by atoms with E-state index in [0.29, 0.717) is 25.9 Å². The van der Waals surface area contributed by atoms with Crippen LogP contribution in [0.1, 0.15) is 31.7 Å². The number of methoxy groups -OCH3 is 1. The van der Waals surface area contributed by atoms with Crippen LogP contribution in [0.15, 0.2) is 30.3 Å². The lowest BCUT2D eigenvalue weighted by Crippen LogP contribution is -2.44. The van der Waals surface area contributed by atoms with Gasteiger partial charge < -0.3 is 9.47 Å². The third-order valence-electron chi connectivity index (χ3n) is 3.57. The van der Waals surface area contributed by atoms with Crippen molar-refractivity contribution in [3.8, 4) is 0 Å². The van der Waals surface area contributed by atoms with Crippen LogP contribution >= 0.6 is 0 Å². The van der Waals surface area contributed by atoms with E-state index in [1.54, 1.807) is 14.0 Å². The fourth-order valence-electron chi connectivity index (χ4n) is 2.40. The van der Waals surface area contributed by atoms with Crippen molar-refractivity contribution in [1.29, 1.82) is 0 Å². The van der Waals surface area contributed by atoms with Crippen molar-refractivity contribution in [2.24, 2.45) is 0 Å². The van der Waals surface area contributed by atoms with Gasteiger partial charge >= 0.3 is 5.97 Å². The number of carbonyl (C=O) groups excluding carboxylic acids is 1. The van der Waals surface area contributed by atoms with Gasteiger partial charge in [-0.15, -0.1) is 0 Å². The Balaban J connectivity index is 1.89. The molecule has 0 aromatic heterocycles. The summed E-state index contributed by atoms with van der Waals surface area (Å²) in [6.07, 6.45) is 1.90. The van der Waals surface area contributed by atoms with Gasteiger partial charge in [-0.3, -0.25) is 4.79 Å². The maximum absolute atomic E-state index is 11.4. The van der Waals surface area contributed by atoms with Crippen LogP contribution in [0.4, 0.5) is 0 Å². The van der Waals surface area contributed by atoms with E-state index in [1.807, 2.05) is 30.3 Å². The van der Waals surface area contributed by atoms with Crippen LogP contribution in [0.3, 0.4) is 0 Å². The second kappa shape index (κ2) is 7.54. The van der Waals surface area contributed by atoms with E-state index < -0.39 is 5.79 Å². The van der Waals surface area contributed by atoms with E-state index in [1.165, 1.54) is 0 Å². The summed E-state index contributed by atoms with van der Waals surface area (Å²) in [5, 5.41) is 0. The maximum atomic E-state index is 11.4. The Morgan fingerprint density at radius 1 is 1.38 bits per heavy atom. The minimum Gasteiger partial charge on any atom is -0.466 e. The molecule has 0 saturated carbocycles. The van der Waals surface area contributed by atoms with E-state index in [2.05, 4.69) is 0 Å². The first-order valence-corrected chi connectivity index (χ1v) is 7.26. The van der Waals surface area contributed by atoms with Crippen molar-refractivity contribution >= 4 is 5.97 Å². The first-order chi connectivity index (χ1) is 10.2. The standard InChI is InChI=1S/C16H22O5/c1-3-19-15(17)11-14-9-10-16(18-2,21-20-14)12-13-7-5-4-6-8-13/h4-8,14H,3,9-12H2,1-2H3. The molecule has 0 aliphatic carbocycles. The highest BCUT2D eigenvalue weighted by atomic mass is 17.2. The van der Waals surface area contributed by atoms with E-state index in [-0.39, 0.29) is 18.5 Å². The average molecular weight is 294 g/mol. The number of rotatable bonds is 6. The highest BCUT2D eigenvalue weighted by molar-refractivity contribution is 5.69. The SMILES string of the molecule is CCOC(=O)CC1CCC(Cc2ccccc2)(OC)OO1. The zero-order chi connectivity index (χ0) is 15.1. The van der Waals surface area contributed by atoms with Crippen LogP contribution in [0.2, 0.25) is 0 Å². The number of ether oxygens (including phenoxy) is 2. The summed E-state index contributed by atoms with van der Waals surface area (Å²) in [5.41, 5.74) is 1.12. The van der Waals surface area contributed by atoms with Crippen molar-refractivity contribution in [3.05, 3.63) is 35.9 Å². The van der Waals surface area contributed by atoms with Crippen LogP contribution in [0.5, 0.6) is 0 Å². The Labute approximate surface area is 125 Å². The first-order valence-electron chi connectivity index (χ1n) is 7.26. The van der Waals surface area contributed by atoms with Crippen LogP contribution < -0.4 is 0 Å². The van der Waals surface area contributed by atoms with Crippen LogP contribution in [-0.4, -0.2) is 31.6 Å². The lowest BCUT2D eigenvalue weighted by molar-refractivity contribution is -0.464. The third-order valence-corrected chi connectivity index (χ3v) is 3.57. The third kappa shape index (κ3) is 4.52. The number of hydrogen-bond acceptors (Lipinski definition) is 5. The Hall–Kier alpha value is -1.43. The second-order valence-electron chi connectivity index (χ2n) is 5.13. The molecular formula is C16H22O5. The van der Waals surface area contributed by atoms with Gasteiger partial charge in [0, 0.05) is 20.0 Å². The fraction of sp³-hybridized carbons (Fsp3) is 0.562. The molecule has 1 heterocycles. The monoisotopic (exact) mass is 294 g/mol. The van der Waals surface area contributed by atoms with Gasteiger partial charge in [-0.1, -0.05) is 30.3 Å². The molecule has 5 nitrogen and oxygen atoms in total. The van der Waals surface area contributed by atoms with Gasteiger partial charge in [0.15, 0.2) is 0 Å². The van der Waals surface area contributed by atoms with Gasteiger partial charge in [-0.05, 0) is 18.9 Å². The minimum absolute atomic E-state index is 0.207. The summed E-state index contributed by atoms with van der Waals surface area (Å²) in [6, 6.07) is 9.97. The Morgan fingerprint density at radius 3 is 2.71 bits per heavy atom. The molecule has 0 spiro atoms. The smallest absolute Gasteiger partial charge is 0.308 e. The minimum atomic E-state index is -0.785. The van der Waals surface area contributed by atoms with E-state index >= 15 is 0 Å². The number of benzene rings is 1. The number of carbonyl (C=O) groups is 1. The predicted molar refractivity (Wildman–Crippen MR) is 76.3 cm³/mol. The second-order valence-corrected chi connectivity index (χ2v) is 5.13. The normalized spacial score (nSPS) is 25.5. The van der Waals surface area contributed by atoms with E-state index in [4.69, 9.17) is 19.2 Å². The van der Waals surface area contributed by atoms with E-state index in [9.17, 15) is 4.79 Å². The summed E-state index contributed by atoms with van der Waals surface area (Å²) in [7, 11) is 1.61. The van der Waals surface area contributed by atoms with E-state index in [0.717, 1.165) is 5.56 Å². The molecule has 21 heavy (non-hydrogen) atoms. The molecule has 0 radical (unpaired) electrons. The summed E-state index contributed by atoms with van der Waals surface area (Å²) in [5.74, 6) is -1.05. The number of esters is 1. The van der Waals surface area contributed by atoms with Gasteiger partial charge in [0.25, 0.3) is 0 Å². The predicted octanol–water partition coefficient (Wildman–Crippen LogP) is 2.64. The van der Waals surface area contributed by atoms with Crippen molar-refractivity contribution < 1.29 is 24.0 Å². The Kier molecular flexibility index (Phi) is 5.73. The van der Waals surface area contributed by atoms with Crippen molar-refractivity contribution in [1.82, 2.24) is 0 Å². The average Bonchev–Trinajstić information content (AvgIpc) is 2.51. The molecule has 0 amide bonds. The zero-order valence-electron chi connectivity index (χ0n) is 12.5. The molecule has 1 aromatic carbocycles. The molecule has 2 unspecified atom stereocenters. The summed E-state index contributed by atoms with van der Waals surface area (Å²) in [4.78, 5) is 22.3. The molecule has 2 rings (SSSR count). The van der Waals surface area contributed by atoms with Gasteiger partial charge in [-0.2, -0.15) is 0 Å². The van der Waals surface area contributed by atoms with Crippen LogP contribution in [0, 0.1) is 0 Å². The summed E-state index contributed by atoms with van der Waals surface area (Å²) in [6.45, 7) is 2.16. The highest BCUT2D eigenvalue weighted by Crippen LogP contribution is 2.32. The molecule has 5 heteroatoms. The topological polar surface area (TPSA) is 54.0 Å². The van der Waals surface area contributed by atoms with Gasteiger partial charge in [0.1, 0.15) is 6.10 Å². The molecule has 116 valence electrons. The molecule has 1 aliphatic rings. The largest absolute Gasteiger partial charge is 0.466 e. The molecule has 1 aromatic rings. The van der Waals surface area contributed by atoms with Gasteiger partial charge in [-0.25, -0.2) is 9.78 Å². The Bertz CT molecular complexity index is 437. The molecular weight excluding hydrogens is 272 g/mol. The summed E-state index contributed by atoms with van der Waals surface area (Å²) >= 11 is 0. The van der Waals surface area contributed by atoms with Gasteiger partial charge in [0.2, 0.25) is 5.79 Å². The molecule has 0 N–H and O–H groups in total. The molecule has 1 aliphatic heterocycles. The molecule has 1 saturated heterocycles. The maximum Gasteiger partial charge on any atom is 0.308 e. The quantitative estimate of drug-likeness (QED) is 0.596.